The summed E-state index contributed by atoms with van der Waals surface area (Å²) in [4.78, 5) is 0. The molecule has 0 aliphatic rings. The lowest BCUT2D eigenvalue weighted by atomic mass is 10.5. The van der Waals surface area contributed by atoms with Crippen LogP contribution in [0.15, 0.2) is 24.7 Å². The smallest absolute Gasteiger partial charge is 0.0908 e. The molecular weight excluding hydrogens is 152 g/mol. The van der Waals surface area contributed by atoms with E-state index in [1.807, 2.05) is 0 Å². The van der Waals surface area contributed by atoms with E-state index in [1.54, 1.807) is 26.4 Å². The van der Waals surface area contributed by atoms with Gasteiger partial charge in [-0.15, -0.1) is 0 Å². The maximum atomic E-state index is 4.62. The standard InChI is InChI=1S/C10H10O2/c1-11-9-7-5-3-4-6-8-10-12-2/h7-10H,1-2H3. The highest BCUT2D eigenvalue weighted by molar-refractivity contribution is 5.33. The summed E-state index contributed by atoms with van der Waals surface area (Å²) in [7, 11) is 3.12. The Morgan fingerprint density at radius 3 is 1.58 bits per heavy atom. The van der Waals surface area contributed by atoms with Gasteiger partial charge >= 0.3 is 0 Å². The number of methoxy groups -OCH3 is 2. The van der Waals surface area contributed by atoms with Gasteiger partial charge in [-0.1, -0.05) is 11.8 Å². The van der Waals surface area contributed by atoms with Gasteiger partial charge in [-0.25, -0.2) is 0 Å². The minimum atomic E-state index is 1.49. The van der Waals surface area contributed by atoms with E-state index >= 15 is 0 Å². The molecule has 2 nitrogen and oxygen atoms in total. The minimum Gasteiger partial charge on any atom is -0.504 e. The second-order valence-electron chi connectivity index (χ2n) is 1.62. The minimum absolute atomic E-state index is 1.49. The predicted molar refractivity (Wildman–Crippen MR) is 47.9 cm³/mol. The first kappa shape index (κ1) is 10.2. The van der Waals surface area contributed by atoms with Crippen LogP contribution in [0.4, 0.5) is 0 Å². The van der Waals surface area contributed by atoms with Crippen LogP contribution >= 0.6 is 0 Å². The molecule has 0 aromatic heterocycles. The van der Waals surface area contributed by atoms with Crippen LogP contribution < -0.4 is 0 Å². The van der Waals surface area contributed by atoms with Crippen LogP contribution in [-0.4, -0.2) is 14.2 Å². The van der Waals surface area contributed by atoms with Crippen molar-refractivity contribution in [1.29, 1.82) is 0 Å². The quantitative estimate of drug-likeness (QED) is 0.450. The van der Waals surface area contributed by atoms with Gasteiger partial charge in [-0.05, 0) is 11.8 Å². The summed E-state index contributed by atoms with van der Waals surface area (Å²) < 4.78 is 9.24. The molecule has 62 valence electrons. The SMILES string of the molecule is COC=CC#CC#CC=COC. The van der Waals surface area contributed by atoms with Crippen molar-refractivity contribution in [3.63, 3.8) is 0 Å². The zero-order valence-corrected chi connectivity index (χ0v) is 7.13. The van der Waals surface area contributed by atoms with E-state index in [4.69, 9.17) is 0 Å². The highest BCUT2D eigenvalue weighted by Crippen LogP contribution is 1.70. The summed E-state index contributed by atoms with van der Waals surface area (Å²) >= 11 is 0. The van der Waals surface area contributed by atoms with Crippen molar-refractivity contribution in [1.82, 2.24) is 0 Å². The normalized spacial score (nSPS) is 8.50. The van der Waals surface area contributed by atoms with Gasteiger partial charge in [0.15, 0.2) is 0 Å². The average Bonchev–Trinajstić information content (AvgIpc) is 2.10. The molecule has 0 fully saturated rings. The molecule has 0 atom stereocenters. The van der Waals surface area contributed by atoms with Crippen LogP contribution in [0.1, 0.15) is 0 Å². The zero-order chi connectivity index (χ0) is 9.07. The molecule has 0 rings (SSSR count). The summed E-state index contributed by atoms with van der Waals surface area (Å²) in [5.41, 5.74) is 0. The average molecular weight is 162 g/mol. The monoisotopic (exact) mass is 162 g/mol. The van der Waals surface area contributed by atoms with Gasteiger partial charge in [-0.3, -0.25) is 0 Å². The predicted octanol–water partition coefficient (Wildman–Crippen LogP) is 1.31. The fraction of sp³-hybridized carbons (Fsp3) is 0.200. The number of hydrogen-bond donors (Lipinski definition) is 0. The summed E-state index contributed by atoms with van der Waals surface area (Å²) in [6.45, 7) is 0. The Balaban J connectivity index is 3.73. The van der Waals surface area contributed by atoms with Crippen molar-refractivity contribution in [3.05, 3.63) is 24.7 Å². The molecule has 0 unspecified atom stereocenters. The van der Waals surface area contributed by atoms with Gasteiger partial charge < -0.3 is 9.47 Å². The van der Waals surface area contributed by atoms with E-state index in [1.165, 1.54) is 12.5 Å². The maximum Gasteiger partial charge on any atom is 0.0908 e. The van der Waals surface area contributed by atoms with Gasteiger partial charge in [0.05, 0.1) is 26.7 Å². The van der Waals surface area contributed by atoms with Crippen molar-refractivity contribution in [2.75, 3.05) is 14.2 Å². The van der Waals surface area contributed by atoms with Gasteiger partial charge in [0.1, 0.15) is 0 Å². The van der Waals surface area contributed by atoms with E-state index in [0.29, 0.717) is 0 Å². The van der Waals surface area contributed by atoms with Gasteiger partial charge in [0.2, 0.25) is 0 Å². The molecule has 0 N–H and O–H groups in total. The highest BCUT2D eigenvalue weighted by atomic mass is 16.5. The van der Waals surface area contributed by atoms with E-state index in [2.05, 4.69) is 33.2 Å². The van der Waals surface area contributed by atoms with Crippen molar-refractivity contribution in [3.8, 4) is 23.7 Å². The Hall–Kier alpha value is -1.80. The molecule has 0 amide bonds. The third kappa shape index (κ3) is 8.20. The Morgan fingerprint density at radius 2 is 1.25 bits per heavy atom. The Kier molecular flexibility index (Phi) is 7.82. The van der Waals surface area contributed by atoms with E-state index in [0.717, 1.165) is 0 Å². The fourth-order valence-corrected chi connectivity index (χ4v) is 0.360. The van der Waals surface area contributed by atoms with E-state index in [-0.39, 0.29) is 0 Å². The summed E-state index contributed by atoms with van der Waals surface area (Å²) in [6.07, 6.45) is 6.13. The van der Waals surface area contributed by atoms with Crippen LogP contribution in [-0.2, 0) is 9.47 Å². The van der Waals surface area contributed by atoms with Crippen molar-refractivity contribution >= 4 is 0 Å². The molecule has 0 aliphatic heterocycles. The third-order valence-corrected chi connectivity index (χ3v) is 0.782. The molecule has 0 spiro atoms. The molecule has 0 bridgehead atoms. The third-order valence-electron chi connectivity index (χ3n) is 0.782. The lowest BCUT2D eigenvalue weighted by molar-refractivity contribution is 0.338. The second kappa shape index (κ2) is 9.20. The first-order chi connectivity index (χ1) is 5.91. The first-order valence-electron chi connectivity index (χ1n) is 3.28. The first-order valence-corrected chi connectivity index (χ1v) is 3.28. The van der Waals surface area contributed by atoms with Gasteiger partial charge in [0, 0.05) is 12.2 Å². The summed E-state index contributed by atoms with van der Waals surface area (Å²) in [6, 6.07) is 0. The van der Waals surface area contributed by atoms with Crippen LogP contribution in [0.3, 0.4) is 0 Å². The lowest BCUT2D eigenvalue weighted by Gasteiger charge is -1.77. The number of allylic oxidation sites excluding steroid dienone is 2. The van der Waals surface area contributed by atoms with Crippen LogP contribution in [0.5, 0.6) is 0 Å². The van der Waals surface area contributed by atoms with Gasteiger partial charge in [0.25, 0.3) is 0 Å². The van der Waals surface area contributed by atoms with Crippen LogP contribution in [0.2, 0.25) is 0 Å². The molecule has 12 heavy (non-hydrogen) atoms. The number of rotatable bonds is 2. The Bertz CT molecular complexity index is 236. The van der Waals surface area contributed by atoms with Crippen molar-refractivity contribution in [2.24, 2.45) is 0 Å². The lowest BCUT2D eigenvalue weighted by Crippen LogP contribution is -1.62. The molecule has 0 saturated carbocycles. The zero-order valence-electron chi connectivity index (χ0n) is 7.13. The Labute approximate surface area is 72.9 Å². The van der Waals surface area contributed by atoms with Crippen molar-refractivity contribution in [2.45, 2.75) is 0 Å². The van der Waals surface area contributed by atoms with Crippen molar-refractivity contribution < 1.29 is 9.47 Å². The number of ether oxygens (including phenoxy) is 2. The van der Waals surface area contributed by atoms with E-state index < -0.39 is 0 Å². The van der Waals surface area contributed by atoms with Crippen LogP contribution in [0.25, 0.3) is 0 Å². The maximum absolute atomic E-state index is 4.62. The molecule has 0 saturated heterocycles. The molecular formula is C10H10O2. The number of hydrogen-bond acceptors (Lipinski definition) is 2. The molecule has 2 heteroatoms. The summed E-state index contributed by atoms with van der Waals surface area (Å²) in [5, 5.41) is 0. The highest BCUT2D eigenvalue weighted by Gasteiger charge is 1.59. The molecule has 0 aromatic carbocycles. The van der Waals surface area contributed by atoms with E-state index in [9.17, 15) is 0 Å². The largest absolute Gasteiger partial charge is 0.504 e. The molecule has 0 aliphatic carbocycles. The molecule has 0 radical (unpaired) electrons. The summed E-state index contributed by atoms with van der Waals surface area (Å²) in [5.74, 6) is 10.5. The van der Waals surface area contributed by atoms with Crippen LogP contribution in [0, 0.1) is 23.7 Å². The Morgan fingerprint density at radius 1 is 0.833 bits per heavy atom. The second-order valence-corrected chi connectivity index (χ2v) is 1.62. The topological polar surface area (TPSA) is 18.5 Å². The fourth-order valence-electron chi connectivity index (χ4n) is 0.360. The van der Waals surface area contributed by atoms with Gasteiger partial charge in [-0.2, -0.15) is 0 Å². The molecule has 0 aromatic rings. The molecule has 0 heterocycles.